The van der Waals surface area contributed by atoms with Crippen molar-refractivity contribution >= 4 is 11.6 Å². The molecule has 2 rings (SSSR count). The van der Waals surface area contributed by atoms with Gasteiger partial charge in [0.15, 0.2) is 11.6 Å². The fourth-order valence-electron chi connectivity index (χ4n) is 2.93. The smallest absolute Gasteiger partial charge is 0.166 e. The molecule has 1 fully saturated rings. The highest BCUT2D eigenvalue weighted by atomic mass is 16.3. The number of rotatable bonds is 6. The molecule has 2 N–H and O–H groups in total. The van der Waals surface area contributed by atoms with Crippen LogP contribution in [0.2, 0.25) is 0 Å². The summed E-state index contributed by atoms with van der Waals surface area (Å²) in [5.74, 6) is -0.145. The summed E-state index contributed by atoms with van der Waals surface area (Å²) in [6.45, 7) is 4.30. The fourth-order valence-corrected chi connectivity index (χ4v) is 2.93. The lowest BCUT2D eigenvalue weighted by Gasteiger charge is -2.28. The Bertz CT molecular complexity index is 568. The van der Waals surface area contributed by atoms with Crippen LogP contribution in [0.5, 0.6) is 0 Å². The van der Waals surface area contributed by atoms with Gasteiger partial charge in [-0.1, -0.05) is 50.3 Å². The Hall–Kier alpha value is -1.78. The second-order valence-corrected chi connectivity index (χ2v) is 6.96. The van der Waals surface area contributed by atoms with E-state index in [4.69, 9.17) is 0 Å². The molecule has 0 amide bonds. The molecular formula is C19H25NO3. The summed E-state index contributed by atoms with van der Waals surface area (Å²) in [5.41, 5.74) is 1.21. The predicted octanol–water partition coefficient (Wildman–Crippen LogP) is 2.06. The van der Waals surface area contributed by atoms with Gasteiger partial charge < -0.3 is 10.4 Å². The summed E-state index contributed by atoms with van der Waals surface area (Å²) in [7, 11) is 0. The number of aliphatic hydroxyl groups excluding tert-OH is 1. The third-order valence-corrected chi connectivity index (χ3v) is 4.14. The largest absolute Gasteiger partial charge is 0.395 e. The minimum absolute atomic E-state index is 0.00694. The monoisotopic (exact) mass is 315 g/mol. The Labute approximate surface area is 137 Å². The number of aliphatic hydroxyl groups is 1. The van der Waals surface area contributed by atoms with Gasteiger partial charge in [-0.05, 0) is 17.4 Å². The number of allylic oxidation sites excluding steroid dienone is 1. The number of Topliss-reactive ketones (excluding diaryl/α,β-unsaturated/α-hetero) is 2. The van der Waals surface area contributed by atoms with Crippen molar-refractivity contribution in [2.24, 2.45) is 5.41 Å². The molecule has 1 aliphatic rings. The third kappa shape index (κ3) is 5.12. The van der Waals surface area contributed by atoms with E-state index in [2.05, 4.69) is 5.32 Å². The van der Waals surface area contributed by atoms with E-state index in [0.29, 0.717) is 31.4 Å². The summed E-state index contributed by atoms with van der Waals surface area (Å²) < 4.78 is 0. The van der Waals surface area contributed by atoms with Crippen molar-refractivity contribution in [3.05, 3.63) is 47.5 Å². The maximum absolute atomic E-state index is 12.1. The Balaban J connectivity index is 1.91. The van der Waals surface area contributed by atoms with Crippen LogP contribution in [0.15, 0.2) is 42.0 Å². The molecule has 1 saturated carbocycles. The van der Waals surface area contributed by atoms with Crippen LogP contribution in [-0.4, -0.2) is 35.9 Å². The van der Waals surface area contributed by atoms with Crippen LogP contribution >= 0.6 is 0 Å². The predicted molar refractivity (Wildman–Crippen MR) is 90.1 cm³/mol. The van der Waals surface area contributed by atoms with Crippen LogP contribution in [0.25, 0.3) is 0 Å². The second-order valence-electron chi connectivity index (χ2n) is 6.96. The van der Waals surface area contributed by atoms with Crippen molar-refractivity contribution in [2.45, 2.75) is 39.2 Å². The average molecular weight is 315 g/mol. The Morgan fingerprint density at radius 2 is 1.78 bits per heavy atom. The van der Waals surface area contributed by atoms with Crippen molar-refractivity contribution in [3.8, 4) is 0 Å². The van der Waals surface area contributed by atoms with Crippen LogP contribution in [0.1, 0.15) is 32.3 Å². The number of benzene rings is 1. The highest BCUT2D eigenvalue weighted by molar-refractivity contribution is 6.22. The topological polar surface area (TPSA) is 66.4 Å². The molecule has 0 unspecified atom stereocenters. The van der Waals surface area contributed by atoms with Crippen molar-refractivity contribution in [1.82, 2.24) is 5.32 Å². The first-order valence-electron chi connectivity index (χ1n) is 8.06. The van der Waals surface area contributed by atoms with Gasteiger partial charge >= 0.3 is 0 Å². The average Bonchev–Trinajstić information content (AvgIpc) is 2.48. The number of carbonyl (C=O) groups is 2. The maximum Gasteiger partial charge on any atom is 0.166 e. The molecule has 1 aromatic carbocycles. The van der Waals surface area contributed by atoms with Crippen LogP contribution in [0.3, 0.4) is 0 Å². The Kier molecular flexibility index (Phi) is 5.85. The van der Waals surface area contributed by atoms with Crippen LogP contribution in [0.4, 0.5) is 0 Å². The van der Waals surface area contributed by atoms with Gasteiger partial charge in [0.25, 0.3) is 0 Å². The van der Waals surface area contributed by atoms with Crippen molar-refractivity contribution in [3.63, 3.8) is 0 Å². The maximum atomic E-state index is 12.1. The van der Waals surface area contributed by atoms with Gasteiger partial charge in [0, 0.05) is 25.4 Å². The molecule has 1 aliphatic carbocycles. The van der Waals surface area contributed by atoms with Gasteiger partial charge in [-0.2, -0.15) is 0 Å². The van der Waals surface area contributed by atoms with Crippen molar-refractivity contribution < 1.29 is 14.7 Å². The van der Waals surface area contributed by atoms with E-state index < -0.39 is 0 Å². The first-order valence-corrected chi connectivity index (χ1v) is 8.06. The van der Waals surface area contributed by atoms with Gasteiger partial charge in [-0.25, -0.2) is 0 Å². The van der Waals surface area contributed by atoms with E-state index in [0.717, 1.165) is 5.56 Å². The lowest BCUT2D eigenvalue weighted by atomic mass is 9.74. The summed E-state index contributed by atoms with van der Waals surface area (Å²) >= 11 is 0. The normalized spacial score (nSPS) is 18.8. The molecular weight excluding hydrogens is 290 g/mol. The van der Waals surface area contributed by atoms with Gasteiger partial charge in [-0.15, -0.1) is 0 Å². The molecule has 0 radical (unpaired) electrons. The minimum atomic E-state index is -0.236. The van der Waals surface area contributed by atoms with E-state index in [1.165, 1.54) is 0 Å². The quantitative estimate of drug-likeness (QED) is 0.623. The molecule has 124 valence electrons. The zero-order valence-electron chi connectivity index (χ0n) is 13.8. The highest BCUT2D eigenvalue weighted by Gasteiger charge is 2.35. The molecule has 0 spiro atoms. The SMILES string of the molecule is CC1(C)CC(=O)C(=CCN[C@H](CO)Cc2ccccc2)C(=O)C1. The van der Waals surface area contributed by atoms with Gasteiger partial charge in [0.2, 0.25) is 0 Å². The van der Waals surface area contributed by atoms with Gasteiger partial charge in [-0.3, -0.25) is 9.59 Å². The van der Waals surface area contributed by atoms with Crippen molar-refractivity contribution in [2.75, 3.05) is 13.2 Å². The number of nitrogens with one attached hydrogen (secondary N) is 1. The Morgan fingerprint density at radius 1 is 1.17 bits per heavy atom. The van der Waals surface area contributed by atoms with Crippen LogP contribution < -0.4 is 5.32 Å². The minimum Gasteiger partial charge on any atom is -0.395 e. The van der Waals surface area contributed by atoms with E-state index in [9.17, 15) is 14.7 Å². The van der Waals surface area contributed by atoms with Crippen molar-refractivity contribution in [1.29, 1.82) is 0 Å². The molecule has 0 heterocycles. The van der Waals surface area contributed by atoms with E-state index in [1.807, 2.05) is 44.2 Å². The fraction of sp³-hybridized carbons (Fsp3) is 0.474. The molecule has 1 atom stereocenters. The number of carbonyl (C=O) groups excluding carboxylic acids is 2. The van der Waals surface area contributed by atoms with Gasteiger partial charge in [0.1, 0.15) is 0 Å². The summed E-state index contributed by atoms with van der Waals surface area (Å²) in [6.07, 6.45) is 3.21. The number of hydrogen-bond acceptors (Lipinski definition) is 4. The van der Waals surface area contributed by atoms with Gasteiger partial charge in [0.05, 0.1) is 12.2 Å². The van der Waals surface area contributed by atoms with E-state index >= 15 is 0 Å². The zero-order valence-corrected chi connectivity index (χ0v) is 13.8. The lowest BCUT2D eigenvalue weighted by Crippen LogP contribution is -2.36. The number of hydrogen-bond donors (Lipinski definition) is 2. The van der Waals surface area contributed by atoms with Crippen LogP contribution in [-0.2, 0) is 16.0 Å². The highest BCUT2D eigenvalue weighted by Crippen LogP contribution is 2.33. The molecule has 0 bridgehead atoms. The molecule has 23 heavy (non-hydrogen) atoms. The second kappa shape index (κ2) is 7.66. The lowest BCUT2D eigenvalue weighted by molar-refractivity contribution is -0.127. The van der Waals surface area contributed by atoms with Crippen LogP contribution in [0, 0.1) is 5.41 Å². The first kappa shape index (κ1) is 17.6. The summed E-state index contributed by atoms with van der Waals surface area (Å²) in [4.78, 5) is 24.2. The zero-order chi connectivity index (χ0) is 16.9. The third-order valence-electron chi connectivity index (χ3n) is 4.14. The standard InChI is InChI=1S/C19H25NO3/c1-19(2)11-17(22)16(18(23)12-19)8-9-20-15(13-21)10-14-6-4-3-5-7-14/h3-8,15,20-21H,9-13H2,1-2H3/t15-/m0/s1. The first-order chi connectivity index (χ1) is 10.9. The molecule has 1 aromatic rings. The molecule has 0 aromatic heterocycles. The molecule has 4 nitrogen and oxygen atoms in total. The molecule has 0 aliphatic heterocycles. The Morgan fingerprint density at radius 3 is 2.35 bits per heavy atom. The molecule has 4 heteroatoms. The number of ketones is 2. The van der Waals surface area contributed by atoms with E-state index in [-0.39, 0.29) is 29.6 Å². The summed E-state index contributed by atoms with van der Waals surface area (Å²) in [5, 5.41) is 12.7. The summed E-state index contributed by atoms with van der Waals surface area (Å²) in [6, 6.07) is 9.81. The van der Waals surface area contributed by atoms with E-state index in [1.54, 1.807) is 6.08 Å². The molecule has 0 saturated heterocycles.